The van der Waals surface area contributed by atoms with Crippen LogP contribution >= 0.6 is 12.4 Å². The topological polar surface area (TPSA) is 55.6 Å². The summed E-state index contributed by atoms with van der Waals surface area (Å²) in [4.78, 5) is 14.5. The average Bonchev–Trinajstić information content (AvgIpc) is 3.07. The first kappa shape index (κ1) is 17.1. The Labute approximate surface area is 138 Å². The zero-order chi connectivity index (χ0) is 15.0. The van der Waals surface area contributed by atoms with Crippen LogP contribution in [0.2, 0.25) is 0 Å². The van der Waals surface area contributed by atoms with E-state index in [2.05, 4.69) is 0 Å². The van der Waals surface area contributed by atoms with Gasteiger partial charge in [0.2, 0.25) is 5.91 Å². The number of hydrogen-bond donors (Lipinski definition) is 1. The molecule has 2 fully saturated rings. The predicted molar refractivity (Wildman–Crippen MR) is 89.0 cm³/mol. The molecule has 0 spiro atoms. The minimum atomic E-state index is 0. The Morgan fingerprint density at radius 2 is 2.09 bits per heavy atom. The number of nitrogens with two attached hydrogens (primary N) is 1. The summed E-state index contributed by atoms with van der Waals surface area (Å²) in [5, 5.41) is 0. The molecule has 0 heterocycles. The molecular weight excluding hydrogens is 300 g/mol. The maximum atomic E-state index is 12.7. The van der Waals surface area contributed by atoms with Crippen LogP contribution in [-0.2, 0) is 11.3 Å². The molecule has 5 heteroatoms. The lowest BCUT2D eigenvalue weighted by atomic mass is 9.84. The third kappa shape index (κ3) is 3.08. The van der Waals surface area contributed by atoms with Crippen molar-refractivity contribution >= 4 is 18.3 Å². The van der Waals surface area contributed by atoms with Crippen LogP contribution in [0.3, 0.4) is 0 Å². The number of carbonyl (C=O) groups is 1. The Balaban J connectivity index is 0.00000176. The monoisotopic (exact) mass is 324 g/mol. The van der Waals surface area contributed by atoms with Crippen molar-refractivity contribution in [3.05, 3.63) is 29.8 Å². The van der Waals surface area contributed by atoms with Gasteiger partial charge in [-0.2, -0.15) is 0 Å². The SMILES string of the molecule is COc1cccc(CN(C)C(=O)C2C3CCC(C3)C2N)c1.Cl. The van der Waals surface area contributed by atoms with Crippen molar-refractivity contribution in [3.8, 4) is 5.75 Å². The lowest BCUT2D eigenvalue weighted by Gasteiger charge is -2.30. The molecule has 3 rings (SSSR count). The third-order valence-corrected chi connectivity index (χ3v) is 5.20. The number of fused-ring (bicyclic) bond motifs is 2. The van der Waals surface area contributed by atoms with Crippen molar-refractivity contribution in [1.29, 1.82) is 0 Å². The van der Waals surface area contributed by atoms with Crippen LogP contribution in [0, 0.1) is 17.8 Å². The highest BCUT2D eigenvalue weighted by Crippen LogP contribution is 2.48. The van der Waals surface area contributed by atoms with Gasteiger partial charge in [-0.05, 0) is 48.8 Å². The summed E-state index contributed by atoms with van der Waals surface area (Å²) in [6.07, 6.45) is 3.52. The first-order chi connectivity index (χ1) is 10.1. The molecule has 0 aromatic heterocycles. The molecule has 2 aliphatic carbocycles. The molecule has 1 aromatic carbocycles. The quantitative estimate of drug-likeness (QED) is 0.925. The fourth-order valence-electron chi connectivity index (χ4n) is 4.08. The summed E-state index contributed by atoms with van der Waals surface area (Å²) < 4.78 is 5.23. The van der Waals surface area contributed by atoms with Gasteiger partial charge in [-0.3, -0.25) is 4.79 Å². The van der Waals surface area contributed by atoms with Crippen LogP contribution < -0.4 is 10.5 Å². The van der Waals surface area contributed by atoms with Gasteiger partial charge in [-0.1, -0.05) is 12.1 Å². The van der Waals surface area contributed by atoms with Crippen molar-refractivity contribution in [2.45, 2.75) is 31.8 Å². The maximum absolute atomic E-state index is 12.7. The Hall–Kier alpha value is -1.26. The first-order valence-corrected chi connectivity index (χ1v) is 7.73. The molecule has 4 nitrogen and oxygen atoms in total. The van der Waals surface area contributed by atoms with Gasteiger partial charge in [-0.15, -0.1) is 12.4 Å². The van der Waals surface area contributed by atoms with Crippen LogP contribution in [0.5, 0.6) is 5.75 Å². The summed E-state index contributed by atoms with van der Waals surface area (Å²) >= 11 is 0. The van der Waals surface area contributed by atoms with Crippen molar-refractivity contribution < 1.29 is 9.53 Å². The van der Waals surface area contributed by atoms with E-state index < -0.39 is 0 Å². The van der Waals surface area contributed by atoms with Gasteiger partial charge in [0.15, 0.2) is 0 Å². The van der Waals surface area contributed by atoms with Crippen molar-refractivity contribution in [3.63, 3.8) is 0 Å². The Morgan fingerprint density at radius 3 is 2.73 bits per heavy atom. The maximum Gasteiger partial charge on any atom is 0.227 e. The Bertz CT molecular complexity index is 535. The van der Waals surface area contributed by atoms with E-state index in [-0.39, 0.29) is 30.3 Å². The number of hydrogen-bond acceptors (Lipinski definition) is 3. The van der Waals surface area contributed by atoms with E-state index in [1.165, 1.54) is 12.8 Å². The number of ether oxygens (including phenoxy) is 1. The van der Waals surface area contributed by atoms with Crippen LogP contribution in [0.1, 0.15) is 24.8 Å². The predicted octanol–water partition coefficient (Wildman–Crippen LogP) is 2.45. The molecule has 4 atom stereocenters. The minimum absolute atomic E-state index is 0. The molecule has 1 aromatic rings. The molecule has 122 valence electrons. The number of amides is 1. The molecule has 2 aliphatic rings. The van der Waals surface area contributed by atoms with E-state index in [1.807, 2.05) is 36.2 Å². The van der Waals surface area contributed by atoms with Crippen molar-refractivity contribution in [2.75, 3.05) is 14.2 Å². The second-order valence-corrected chi connectivity index (χ2v) is 6.48. The molecule has 1 amide bonds. The average molecular weight is 325 g/mol. The van der Waals surface area contributed by atoms with Gasteiger partial charge in [0.25, 0.3) is 0 Å². The van der Waals surface area contributed by atoms with Gasteiger partial charge in [0, 0.05) is 19.6 Å². The van der Waals surface area contributed by atoms with E-state index in [4.69, 9.17) is 10.5 Å². The number of benzene rings is 1. The van der Waals surface area contributed by atoms with Gasteiger partial charge in [0.1, 0.15) is 5.75 Å². The molecule has 2 bridgehead atoms. The lowest BCUT2D eigenvalue weighted by molar-refractivity contribution is -0.137. The molecule has 22 heavy (non-hydrogen) atoms. The Morgan fingerprint density at radius 1 is 1.36 bits per heavy atom. The zero-order valence-corrected chi connectivity index (χ0v) is 14.0. The van der Waals surface area contributed by atoms with Gasteiger partial charge < -0.3 is 15.4 Å². The minimum Gasteiger partial charge on any atom is -0.497 e. The second kappa shape index (κ2) is 6.88. The molecule has 2 N–H and O–H groups in total. The fourth-order valence-corrected chi connectivity index (χ4v) is 4.08. The van der Waals surface area contributed by atoms with Crippen molar-refractivity contribution in [2.24, 2.45) is 23.5 Å². The normalized spacial score (nSPS) is 29.0. The van der Waals surface area contributed by atoms with Crippen LogP contribution in [0.4, 0.5) is 0 Å². The molecule has 0 aliphatic heterocycles. The van der Waals surface area contributed by atoms with Crippen LogP contribution in [0.25, 0.3) is 0 Å². The summed E-state index contributed by atoms with van der Waals surface area (Å²) in [5.74, 6) is 2.13. The third-order valence-electron chi connectivity index (χ3n) is 5.20. The highest BCUT2D eigenvalue weighted by atomic mass is 35.5. The number of rotatable bonds is 4. The first-order valence-electron chi connectivity index (χ1n) is 7.73. The van der Waals surface area contributed by atoms with E-state index in [0.29, 0.717) is 18.4 Å². The van der Waals surface area contributed by atoms with Crippen LogP contribution in [0.15, 0.2) is 24.3 Å². The number of halogens is 1. The standard InChI is InChI=1S/C17H24N2O2.ClH/c1-19(10-11-4-3-5-14(8-11)21-2)17(20)15-12-6-7-13(9-12)16(15)18;/h3-5,8,12-13,15-16H,6-7,9-10,18H2,1-2H3;1H. The van der Waals surface area contributed by atoms with Gasteiger partial charge >= 0.3 is 0 Å². The summed E-state index contributed by atoms with van der Waals surface area (Å²) in [7, 11) is 3.53. The van der Waals surface area contributed by atoms with E-state index in [0.717, 1.165) is 17.7 Å². The van der Waals surface area contributed by atoms with Crippen LogP contribution in [-0.4, -0.2) is 31.0 Å². The summed E-state index contributed by atoms with van der Waals surface area (Å²) in [6.45, 7) is 0.608. The molecule has 4 unspecified atom stereocenters. The molecular formula is C17H25ClN2O2. The molecule has 0 radical (unpaired) electrons. The smallest absolute Gasteiger partial charge is 0.227 e. The number of carbonyl (C=O) groups excluding carboxylic acids is 1. The van der Waals surface area contributed by atoms with Gasteiger partial charge in [-0.25, -0.2) is 0 Å². The summed E-state index contributed by atoms with van der Waals surface area (Å²) in [5.41, 5.74) is 7.36. The molecule has 0 saturated heterocycles. The van der Waals surface area contributed by atoms with E-state index in [9.17, 15) is 4.79 Å². The fraction of sp³-hybridized carbons (Fsp3) is 0.588. The molecule has 2 saturated carbocycles. The second-order valence-electron chi connectivity index (χ2n) is 6.48. The summed E-state index contributed by atoms with van der Waals surface area (Å²) in [6, 6.07) is 7.92. The van der Waals surface area contributed by atoms with Crippen molar-refractivity contribution in [1.82, 2.24) is 4.90 Å². The lowest BCUT2D eigenvalue weighted by Crippen LogP contribution is -2.45. The number of methoxy groups -OCH3 is 1. The van der Waals surface area contributed by atoms with E-state index in [1.54, 1.807) is 7.11 Å². The highest BCUT2D eigenvalue weighted by molar-refractivity contribution is 5.85. The highest BCUT2D eigenvalue weighted by Gasteiger charge is 2.49. The van der Waals surface area contributed by atoms with Gasteiger partial charge in [0.05, 0.1) is 13.0 Å². The van der Waals surface area contributed by atoms with E-state index >= 15 is 0 Å². The zero-order valence-electron chi connectivity index (χ0n) is 13.2. The largest absolute Gasteiger partial charge is 0.497 e. The number of nitrogens with zero attached hydrogens (tertiary/aromatic N) is 1. The Kier molecular flexibility index (Phi) is 5.35.